The number of ketones is 2. The smallest absolute Gasteiger partial charge is 0.303 e. The number of nitrogens with zero attached hydrogens (tertiary/aromatic N) is 1. The van der Waals surface area contributed by atoms with Crippen LogP contribution in [-0.4, -0.2) is 52.9 Å². The average molecular weight is 442 g/mol. The van der Waals surface area contributed by atoms with E-state index < -0.39 is 29.1 Å². The van der Waals surface area contributed by atoms with Crippen LogP contribution in [-0.2, 0) is 23.9 Å². The number of hydrogen-bond donors (Lipinski definition) is 1. The van der Waals surface area contributed by atoms with Crippen molar-refractivity contribution in [1.82, 2.24) is 0 Å². The summed E-state index contributed by atoms with van der Waals surface area (Å²) in [5.74, 6) is -0.0140. The molecule has 0 unspecified atom stereocenters. The van der Waals surface area contributed by atoms with E-state index in [1.165, 1.54) is 6.92 Å². The number of hydrogen-bond acceptors (Lipinski definition) is 7. The van der Waals surface area contributed by atoms with E-state index in [-0.39, 0.29) is 41.3 Å². The quantitative estimate of drug-likeness (QED) is 0.676. The highest BCUT2D eigenvalue weighted by atomic mass is 16.5. The normalized spacial score (nSPS) is 46.2. The van der Waals surface area contributed by atoms with Crippen molar-refractivity contribution in [2.75, 3.05) is 6.61 Å². The van der Waals surface area contributed by atoms with E-state index in [0.29, 0.717) is 18.7 Å². The van der Waals surface area contributed by atoms with Gasteiger partial charge in [0.25, 0.3) is 0 Å². The molecule has 0 aromatic rings. The zero-order valence-corrected chi connectivity index (χ0v) is 19.1. The van der Waals surface area contributed by atoms with Crippen LogP contribution in [0, 0.1) is 28.6 Å². The molecule has 0 amide bonds. The van der Waals surface area contributed by atoms with E-state index in [1.54, 1.807) is 19.1 Å². The second-order valence-corrected chi connectivity index (χ2v) is 10.7. The molecule has 0 saturated heterocycles. The van der Waals surface area contributed by atoms with Gasteiger partial charge in [-0.05, 0) is 49.7 Å². The van der Waals surface area contributed by atoms with Gasteiger partial charge in [-0.25, -0.2) is 4.99 Å². The van der Waals surface area contributed by atoms with E-state index >= 15 is 0 Å². The third-order valence-electron chi connectivity index (χ3n) is 9.17. The van der Waals surface area contributed by atoms with Crippen LogP contribution in [0.5, 0.6) is 0 Å². The third kappa shape index (κ3) is 2.63. The molecule has 0 bridgehead atoms. The lowest BCUT2D eigenvalue weighted by atomic mass is 9.46. The first kappa shape index (κ1) is 21.6. The maximum atomic E-state index is 13.5. The Bertz CT molecular complexity index is 996. The molecule has 32 heavy (non-hydrogen) atoms. The molecule has 1 N–H and O–H groups in total. The first-order chi connectivity index (χ1) is 15.0. The van der Waals surface area contributed by atoms with Crippen LogP contribution in [0.3, 0.4) is 0 Å². The average Bonchev–Trinajstić information content (AvgIpc) is 3.17. The van der Waals surface area contributed by atoms with Gasteiger partial charge in [-0.3, -0.25) is 14.4 Å². The van der Waals surface area contributed by atoms with Crippen LogP contribution in [0.2, 0.25) is 0 Å². The molecule has 5 rings (SSSR count). The van der Waals surface area contributed by atoms with Gasteiger partial charge in [0.1, 0.15) is 6.10 Å². The van der Waals surface area contributed by atoms with Crippen molar-refractivity contribution < 1.29 is 29.0 Å². The molecule has 0 radical (unpaired) electrons. The number of carbonyl (C=O) groups is 3. The van der Waals surface area contributed by atoms with E-state index in [2.05, 4.69) is 13.8 Å². The van der Waals surface area contributed by atoms with Crippen LogP contribution in [0.1, 0.15) is 53.4 Å². The molecule has 3 fully saturated rings. The molecule has 5 aliphatic rings. The second kappa shape index (κ2) is 6.86. The molecular weight excluding hydrogens is 410 g/mol. The number of aliphatic hydroxyl groups is 1. The summed E-state index contributed by atoms with van der Waals surface area (Å²) < 4.78 is 11.2. The maximum absolute atomic E-state index is 13.5. The summed E-state index contributed by atoms with van der Waals surface area (Å²) in [4.78, 5) is 41.7. The summed E-state index contributed by atoms with van der Waals surface area (Å²) in [6.45, 7) is 6.88. The first-order valence-electron chi connectivity index (χ1n) is 11.5. The van der Waals surface area contributed by atoms with Gasteiger partial charge in [-0.15, -0.1) is 0 Å². The van der Waals surface area contributed by atoms with E-state index in [0.717, 1.165) is 18.4 Å². The predicted molar refractivity (Wildman–Crippen MR) is 116 cm³/mol. The van der Waals surface area contributed by atoms with Crippen molar-refractivity contribution in [1.29, 1.82) is 0 Å². The molecular formula is C25H31NO6. The van der Waals surface area contributed by atoms with Gasteiger partial charge in [0.05, 0.1) is 6.10 Å². The van der Waals surface area contributed by atoms with E-state index in [9.17, 15) is 19.5 Å². The zero-order chi connectivity index (χ0) is 23.1. The maximum Gasteiger partial charge on any atom is 0.303 e. The van der Waals surface area contributed by atoms with Gasteiger partial charge in [0.2, 0.25) is 5.78 Å². The number of Topliss-reactive ketones (excluding diaryl/α,β-unsaturated/α-hetero) is 1. The molecule has 0 aromatic carbocycles. The van der Waals surface area contributed by atoms with Crippen LogP contribution >= 0.6 is 0 Å². The molecule has 172 valence electrons. The Balaban J connectivity index is 1.56. The van der Waals surface area contributed by atoms with Crippen LogP contribution in [0.25, 0.3) is 0 Å². The number of fused-ring (bicyclic) bond motifs is 7. The van der Waals surface area contributed by atoms with Crippen molar-refractivity contribution in [3.05, 3.63) is 23.8 Å². The summed E-state index contributed by atoms with van der Waals surface area (Å²) in [5, 5.41) is 11.6. The van der Waals surface area contributed by atoms with Crippen molar-refractivity contribution >= 4 is 23.4 Å². The van der Waals surface area contributed by atoms with E-state index in [4.69, 9.17) is 14.5 Å². The van der Waals surface area contributed by atoms with Gasteiger partial charge in [-0.1, -0.05) is 25.5 Å². The first-order valence-corrected chi connectivity index (χ1v) is 11.5. The number of esters is 1. The summed E-state index contributed by atoms with van der Waals surface area (Å²) in [5.41, 5.74) is -1.04. The van der Waals surface area contributed by atoms with Gasteiger partial charge in [0, 0.05) is 30.6 Å². The van der Waals surface area contributed by atoms with Crippen molar-refractivity contribution in [3.63, 3.8) is 0 Å². The van der Waals surface area contributed by atoms with Gasteiger partial charge >= 0.3 is 5.97 Å². The lowest BCUT2D eigenvalue weighted by Crippen LogP contribution is -2.62. The summed E-state index contributed by atoms with van der Waals surface area (Å²) in [6.07, 6.45) is 7.01. The highest BCUT2D eigenvalue weighted by molar-refractivity contribution is 6.01. The van der Waals surface area contributed by atoms with Crippen molar-refractivity contribution in [2.45, 2.75) is 71.1 Å². The van der Waals surface area contributed by atoms with E-state index in [1.807, 2.05) is 6.08 Å². The SMILES string of the molecule is CC(=O)OCC(=O)[C@]12N=C(C)O[C@H]1C[C@@H]1[C@H]3CCC4=CC(=O)C=C[C@]4(C)[C@@H]3[C@@H](O)C[C@@]12C. The largest absolute Gasteiger partial charge is 0.475 e. The molecule has 8 atom stereocenters. The Morgan fingerprint density at radius 3 is 2.81 bits per heavy atom. The monoisotopic (exact) mass is 441 g/mol. The predicted octanol–water partition coefficient (Wildman–Crippen LogP) is 2.56. The zero-order valence-electron chi connectivity index (χ0n) is 19.1. The fraction of sp³-hybridized carbons (Fsp3) is 0.680. The molecule has 3 saturated carbocycles. The highest BCUT2D eigenvalue weighted by Crippen LogP contribution is 2.69. The Kier molecular flexibility index (Phi) is 4.62. The molecule has 4 aliphatic carbocycles. The van der Waals surface area contributed by atoms with Crippen molar-refractivity contribution in [2.24, 2.45) is 33.6 Å². The van der Waals surface area contributed by atoms with Gasteiger partial charge in [-0.2, -0.15) is 0 Å². The number of carbonyl (C=O) groups excluding carboxylic acids is 3. The lowest BCUT2D eigenvalue weighted by molar-refractivity contribution is -0.155. The highest BCUT2D eigenvalue weighted by Gasteiger charge is 2.74. The molecule has 7 nitrogen and oxygen atoms in total. The lowest BCUT2D eigenvalue weighted by Gasteiger charge is -2.59. The van der Waals surface area contributed by atoms with Gasteiger partial charge in [0.15, 0.2) is 23.8 Å². The minimum absolute atomic E-state index is 0.00898. The Morgan fingerprint density at radius 2 is 2.09 bits per heavy atom. The van der Waals surface area contributed by atoms with Crippen LogP contribution in [0.4, 0.5) is 0 Å². The minimum Gasteiger partial charge on any atom is -0.475 e. The third-order valence-corrected chi connectivity index (χ3v) is 9.17. The topological polar surface area (TPSA) is 102 Å². The number of aliphatic hydroxyl groups excluding tert-OH is 1. The Labute approximate surface area is 187 Å². The standard InChI is InChI=1S/C25H31NO6/c1-13-26-25(20(30)12-31-14(2)27)21(32-13)10-18-17-6-5-15-9-16(28)7-8-23(15,3)22(17)19(29)11-24(18,25)4/h7-9,17-19,21-22,29H,5-6,10-12H2,1-4H3/t17-,18-,19+,21+,22+,23+,24+,25+/m1/s1. The number of rotatable bonds is 3. The molecule has 7 heteroatoms. The molecule has 1 heterocycles. The number of allylic oxidation sites excluding steroid dienone is 4. The summed E-state index contributed by atoms with van der Waals surface area (Å²) >= 11 is 0. The fourth-order valence-corrected chi connectivity index (χ4v) is 7.97. The number of ether oxygens (including phenoxy) is 2. The second-order valence-electron chi connectivity index (χ2n) is 10.7. The Morgan fingerprint density at radius 1 is 1.34 bits per heavy atom. The molecule has 0 spiro atoms. The molecule has 1 aliphatic heterocycles. The van der Waals surface area contributed by atoms with Crippen LogP contribution < -0.4 is 0 Å². The summed E-state index contributed by atoms with van der Waals surface area (Å²) in [7, 11) is 0. The van der Waals surface area contributed by atoms with Crippen molar-refractivity contribution in [3.8, 4) is 0 Å². The minimum atomic E-state index is -1.15. The number of aliphatic imine (C=N–C) groups is 1. The Hall–Kier alpha value is -2.28. The fourth-order valence-electron chi connectivity index (χ4n) is 7.97. The van der Waals surface area contributed by atoms with Gasteiger partial charge < -0.3 is 14.6 Å². The summed E-state index contributed by atoms with van der Waals surface area (Å²) in [6, 6.07) is 0. The molecule has 0 aromatic heterocycles. The van der Waals surface area contributed by atoms with Crippen LogP contribution in [0.15, 0.2) is 28.8 Å².